The average Bonchev–Trinajstić information content (AvgIpc) is 2.32. The van der Waals surface area contributed by atoms with E-state index < -0.39 is 0 Å². The van der Waals surface area contributed by atoms with Crippen molar-refractivity contribution >= 4 is 34.5 Å². The number of halogens is 1. The number of nitrogens with one attached hydrogen (secondary N) is 1. The second-order valence-electron chi connectivity index (χ2n) is 4.56. The summed E-state index contributed by atoms with van der Waals surface area (Å²) in [5, 5.41) is 4.15. The van der Waals surface area contributed by atoms with Crippen LogP contribution in [0.1, 0.15) is 39.2 Å². The normalized spacial score (nSPS) is 12.5. The molecule has 18 heavy (non-hydrogen) atoms. The first kappa shape index (κ1) is 15.3. The number of benzene rings is 1. The first-order valence-corrected chi connectivity index (χ1v) is 7.14. The lowest BCUT2D eigenvalue weighted by Crippen LogP contribution is -2.26. The van der Waals surface area contributed by atoms with E-state index in [2.05, 4.69) is 26.1 Å². The van der Waals surface area contributed by atoms with Crippen molar-refractivity contribution in [2.24, 2.45) is 11.7 Å². The SMILES string of the molecule is CCC(CC)C(C)Nc1ccc(Cl)cc1C(N)=S. The summed E-state index contributed by atoms with van der Waals surface area (Å²) in [6, 6.07) is 5.99. The molecule has 0 radical (unpaired) electrons. The smallest absolute Gasteiger partial charge is 0.106 e. The minimum absolute atomic E-state index is 0.372. The lowest BCUT2D eigenvalue weighted by molar-refractivity contribution is 0.438. The van der Waals surface area contributed by atoms with Crippen molar-refractivity contribution in [2.45, 2.75) is 39.7 Å². The Morgan fingerprint density at radius 2 is 2.00 bits per heavy atom. The molecule has 3 N–H and O–H groups in total. The van der Waals surface area contributed by atoms with Gasteiger partial charge in [-0.1, -0.05) is 50.5 Å². The Bertz CT molecular complexity index is 416. The molecule has 0 saturated carbocycles. The molecular weight excluding hydrogens is 264 g/mol. The molecule has 0 aromatic heterocycles. The van der Waals surface area contributed by atoms with Crippen molar-refractivity contribution in [3.63, 3.8) is 0 Å². The standard InChI is InChI=1S/C14H21ClN2S/c1-4-10(5-2)9(3)17-13-7-6-11(15)8-12(13)14(16)18/h6-10,17H,4-5H2,1-3H3,(H2,16,18). The van der Waals surface area contributed by atoms with Gasteiger partial charge in [-0.15, -0.1) is 0 Å². The van der Waals surface area contributed by atoms with Gasteiger partial charge in [0, 0.05) is 22.3 Å². The topological polar surface area (TPSA) is 38.0 Å². The zero-order chi connectivity index (χ0) is 13.7. The minimum Gasteiger partial charge on any atom is -0.389 e. The first-order chi connectivity index (χ1) is 8.49. The van der Waals surface area contributed by atoms with Crippen LogP contribution in [0.3, 0.4) is 0 Å². The van der Waals surface area contributed by atoms with E-state index in [9.17, 15) is 0 Å². The molecule has 2 nitrogen and oxygen atoms in total. The van der Waals surface area contributed by atoms with E-state index in [1.54, 1.807) is 0 Å². The van der Waals surface area contributed by atoms with Gasteiger partial charge in [0.15, 0.2) is 0 Å². The third-order valence-corrected chi connectivity index (χ3v) is 3.84. The van der Waals surface area contributed by atoms with E-state index in [1.807, 2.05) is 18.2 Å². The van der Waals surface area contributed by atoms with Crippen molar-refractivity contribution < 1.29 is 0 Å². The van der Waals surface area contributed by atoms with Gasteiger partial charge in [0.2, 0.25) is 0 Å². The van der Waals surface area contributed by atoms with Crippen molar-refractivity contribution in [3.05, 3.63) is 28.8 Å². The zero-order valence-corrected chi connectivity index (χ0v) is 12.7. The molecule has 0 aliphatic heterocycles. The molecule has 0 aliphatic rings. The van der Waals surface area contributed by atoms with Crippen LogP contribution in [0.4, 0.5) is 5.69 Å². The van der Waals surface area contributed by atoms with Crippen LogP contribution in [0.5, 0.6) is 0 Å². The number of hydrogen-bond donors (Lipinski definition) is 2. The summed E-state index contributed by atoms with van der Waals surface area (Å²) in [5.74, 6) is 0.639. The van der Waals surface area contributed by atoms with Gasteiger partial charge in [-0.25, -0.2) is 0 Å². The Kier molecular flexibility index (Phi) is 5.89. The maximum Gasteiger partial charge on any atom is 0.106 e. The Morgan fingerprint density at radius 1 is 1.39 bits per heavy atom. The Morgan fingerprint density at radius 3 is 2.50 bits per heavy atom. The van der Waals surface area contributed by atoms with Crippen LogP contribution in [0, 0.1) is 5.92 Å². The van der Waals surface area contributed by atoms with Crippen LogP contribution in [-0.4, -0.2) is 11.0 Å². The third kappa shape index (κ3) is 3.85. The molecule has 1 aromatic carbocycles. The number of hydrogen-bond acceptors (Lipinski definition) is 2. The Balaban J connectivity index is 2.93. The van der Waals surface area contributed by atoms with Gasteiger partial charge in [0.25, 0.3) is 0 Å². The predicted molar refractivity (Wildman–Crippen MR) is 84.5 cm³/mol. The Labute approximate surface area is 120 Å². The van der Waals surface area contributed by atoms with Crippen LogP contribution >= 0.6 is 23.8 Å². The summed E-state index contributed by atoms with van der Waals surface area (Å²) < 4.78 is 0. The number of anilines is 1. The van der Waals surface area contributed by atoms with Gasteiger partial charge in [0.05, 0.1) is 0 Å². The largest absolute Gasteiger partial charge is 0.389 e. The molecule has 0 aliphatic carbocycles. The van der Waals surface area contributed by atoms with Gasteiger partial charge in [0.1, 0.15) is 4.99 Å². The van der Waals surface area contributed by atoms with Gasteiger partial charge >= 0.3 is 0 Å². The molecule has 1 atom stereocenters. The van der Waals surface area contributed by atoms with Crippen molar-refractivity contribution in [1.29, 1.82) is 0 Å². The third-order valence-electron chi connectivity index (χ3n) is 3.39. The summed E-state index contributed by atoms with van der Waals surface area (Å²) >= 11 is 11.0. The highest BCUT2D eigenvalue weighted by molar-refractivity contribution is 7.80. The molecule has 0 fully saturated rings. The van der Waals surface area contributed by atoms with E-state index in [0.717, 1.165) is 24.1 Å². The monoisotopic (exact) mass is 284 g/mol. The quantitative estimate of drug-likeness (QED) is 0.769. The van der Waals surface area contributed by atoms with Crippen molar-refractivity contribution in [2.75, 3.05) is 5.32 Å². The van der Waals surface area contributed by atoms with E-state index in [4.69, 9.17) is 29.6 Å². The molecule has 100 valence electrons. The maximum absolute atomic E-state index is 5.97. The van der Waals surface area contributed by atoms with Crippen molar-refractivity contribution in [3.8, 4) is 0 Å². The summed E-state index contributed by atoms with van der Waals surface area (Å²) in [6.45, 7) is 6.61. The van der Waals surface area contributed by atoms with E-state index in [1.165, 1.54) is 0 Å². The molecule has 0 amide bonds. The second kappa shape index (κ2) is 6.95. The van der Waals surface area contributed by atoms with E-state index in [-0.39, 0.29) is 0 Å². The zero-order valence-electron chi connectivity index (χ0n) is 11.2. The fourth-order valence-electron chi connectivity index (χ4n) is 2.21. The van der Waals surface area contributed by atoms with E-state index >= 15 is 0 Å². The second-order valence-corrected chi connectivity index (χ2v) is 5.44. The fraction of sp³-hybridized carbons (Fsp3) is 0.500. The average molecular weight is 285 g/mol. The fourth-order valence-corrected chi connectivity index (χ4v) is 2.55. The molecule has 1 rings (SSSR count). The molecule has 1 unspecified atom stereocenters. The van der Waals surface area contributed by atoms with Crippen LogP contribution in [-0.2, 0) is 0 Å². The van der Waals surface area contributed by atoms with Gasteiger partial charge in [-0.05, 0) is 31.0 Å². The first-order valence-electron chi connectivity index (χ1n) is 6.35. The van der Waals surface area contributed by atoms with E-state index in [0.29, 0.717) is 22.0 Å². The molecule has 0 spiro atoms. The predicted octanol–water partition coefficient (Wildman–Crippen LogP) is 4.21. The van der Waals surface area contributed by atoms with Crippen LogP contribution < -0.4 is 11.1 Å². The molecule has 0 heterocycles. The summed E-state index contributed by atoms with van der Waals surface area (Å²) in [6.07, 6.45) is 2.31. The minimum atomic E-state index is 0.372. The molecule has 4 heteroatoms. The molecule has 1 aromatic rings. The summed E-state index contributed by atoms with van der Waals surface area (Å²) in [4.78, 5) is 0.372. The summed E-state index contributed by atoms with van der Waals surface area (Å²) in [5.41, 5.74) is 7.51. The lowest BCUT2D eigenvalue weighted by Gasteiger charge is -2.25. The van der Waals surface area contributed by atoms with Crippen LogP contribution in [0.2, 0.25) is 5.02 Å². The summed E-state index contributed by atoms with van der Waals surface area (Å²) in [7, 11) is 0. The molecule has 0 bridgehead atoms. The highest BCUT2D eigenvalue weighted by Crippen LogP contribution is 2.24. The number of thiocarbonyl (C=S) groups is 1. The highest BCUT2D eigenvalue weighted by Gasteiger charge is 2.15. The number of rotatable bonds is 6. The number of nitrogens with two attached hydrogens (primary N) is 1. The van der Waals surface area contributed by atoms with Crippen LogP contribution in [0.15, 0.2) is 18.2 Å². The van der Waals surface area contributed by atoms with Gasteiger partial charge < -0.3 is 11.1 Å². The molecular formula is C14H21ClN2S. The highest BCUT2D eigenvalue weighted by atomic mass is 35.5. The van der Waals surface area contributed by atoms with Crippen LogP contribution in [0.25, 0.3) is 0 Å². The lowest BCUT2D eigenvalue weighted by atomic mass is 9.95. The van der Waals surface area contributed by atoms with Gasteiger partial charge in [-0.3, -0.25) is 0 Å². The maximum atomic E-state index is 5.97. The molecule has 0 saturated heterocycles. The Hall–Kier alpha value is -0.800. The van der Waals surface area contributed by atoms with Gasteiger partial charge in [-0.2, -0.15) is 0 Å². The van der Waals surface area contributed by atoms with Crippen molar-refractivity contribution in [1.82, 2.24) is 0 Å².